The second-order valence-corrected chi connectivity index (χ2v) is 21.0. The predicted molar refractivity (Wildman–Crippen MR) is 236 cm³/mol. The van der Waals surface area contributed by atoms with Crippen molar-refractivity contribution < 1.29 is 0 Å². The van der Waals surface area contributed by atoms with Crippen LogP contribution in [-0.4, -0.2) is 0 Å². The van der Waals surface area contributed by atoms with Gasteiger partial charge in [-0.15, -0.1) is 0 Å². The quantitative estimate of drug-likeness (QED) is 0.178. The molecule has 0 saturated carbocycles. The number of benzene rings is 5. The van der Waals surface area contributed by atoms with E-state index in [-0.39, 0.29) is 27.1 Å². The Balaban J connectivity index is 1.39. The van der Waals surface area contributed by atoms with Crippen molar-refractivity contribution in [3.8, 4) is 22.3 Å². The van der Waals surface area contributed by atoms with Crippen LogP contribution in [0.15, 0.2) is 84.9 Å². The molecule has 4 aliphatic rings. The molecule has 0 atom stereocenters. The summed E-state index contributed by atoms with van der Waals surface area (Å²) in [6.45, 7) is 26.9. The lowest BCUT2D eigenvalue weighted by atomic mass is 9.63. The van der Waals surface area contributed by atoms with Crippen LogP contribution in [0.1, 0.15) is 158 Å². The molecular formula is C54H63N. The minimum absolute atomic E-state index is 0.105. The topological polar surface area (TPSA) is 3.24 Å². The van der Waals surface area contributed by atoms with Crippen molar-refractivity contribution in [3.63, 3.8) is 0 Å². The van der Waals surface area contributed by atoms with E-state index in [9.17, 15) is 0 Å². The molecule has 0 aliphatic heterocycles. The van der Waals surface area contributed by atoms with E-state index < -0.39 is 0 Å². The minimum atomic E-state index is -0.111. The Kier molecular flexibility index (Phi) is 8.10. The third kappa shape index (κ3) is 5.61. The van der Waals surface area contributed by atoms with Crippen molar-refractivity contribution in [1.29, 1.82) is 0 Å². The van der Waals surface area contributed by atoms with Crippen LogP contribution < -0.4 is 4.90 Å². The number of anilines is 3. The Hall–Kier alpha value is -4.10. The molecule has 0 radical (unpaired) electrons. The molecule has 1 heteroatoms. The SMILES string of the molecule is Cc1ccc2c(c1-c1cc3c(cc1N(c1ccc4c(c1)C(C)(C)CCC4(C)C)c1ccc4c(c1)C(C)(C)CCC4(C)C)C(C)(C)c1ccccc1-3)CCCC2. The molecule has 0 amide bonds. The standard InChI is InChI=1S/C54H63N/c1-34-20-21-35-16-12-13-17-38(35)49(34)41-32-40-39-18-14-15-19-42(39)54(10,11)45(40)33-48(41)55(36-22-24-43-46(30-36)52(6,7)28-26-50(43,2)3)37-23-25-44-47(31-37)53(8,9)29-27-51(44,4)5/h14-15,18-25,30-33H,12-13,16-17,26-29H2,1-11H3. The van der Waals surface area contributed by atoms with Crippen molar-refractivity contribution in [1.82, 2.24) is 0 Å². The maximum atomic E-state index is 2.69. The van der Waals surface area contributed by atoms with Gasteiger partial charge in [-0.2, -0.15) is 0 Å². The minimum Gasteiger partial charge on any atom is -0.310 e. The van der Waals surface area contributed by atoms with Gasteiger partial charge in [0.25, 0.3) is 0 Å². The van der Waals surface area contributed by atoms with Crippen LogP contribution in [0.2, 0.25) is 0 Å². The van der Waals surface area contributed by atoms with Gasteiger partial charge in [-0.25, -0.2) is 0 Å². The first-order valence-electron chi connectivity index (χ1n) is 21.4. The number of hydrogen-bond donors (Lipinski definition) is 0. The summed E-state index contributed by atoms with van der Waals surface area (Å²) in [5, 5.41) is 0. The summed E-state index contributed by atoms with van der Waals surface area (Å²) < 4.78 is 0. The van der Waals surface area contributed by atoms with E-state index in [1.807, 2.05) is 0 Å². The summed E-state index contributed by atoms with van der Waals surface area (Å²) in [7, 11) is 0. The Labute approximate surface area is 332 Å². The van der Waals surface area contributed by atoms with Crippen molar-refractivity contribution in [3.05, 3.63) is 135 Å². The van der Waals surface area contributed by atoms with Crippen LogP contribution in [0.25, 0.3) is 22.3 Å². The third-order valence-corrected chi connectivity index (χ3v) is 15.1. The van der Waals surface area contributed by atoms with E-state index >= 15 is 0 Å². The molecule has 0 N–H and O–H groups in total. The summed E-state index contributed by atoms with van der Waals surface area (Å²) in [5.41, 5.74) is 23.3. The van der Waals surface area contributed by atoms with Crippen molar-refractivity contribution in [2.45, 2.75) is 155 Å². The maximum Gasteiger partial charge on any atom is 0.0543 e. The monoisotopic (exact) mass is 725 g/mol. The fourth-order valence-electron chi connectivity index (χ4n) is 11.3. The highest BCUT2D eigenvalue weighted by Gasteiger charge is 2.41. The average Bonchev–Trinajstić information content (AvgIpc) is 3.37. The van der Waals surface area contributed by atoms with E-state index in [1.54, 1.807) is 11.1 Å². The number of rotatable bonds is 4. The molecule has 0 bridgehead atoms. The van der Waals surface area contributed by atoms with Crippen molar-refractivity contribution in [2.75, 3.05) is 4.90 Å². The van der Waals surface area contributed by atoms with Crippen LogP contribution in [0.5, 0.6) is 0 Å². The van der Waals surface area contributed by atoms with Crippen LogP contribution in [-0.2, 0) is 39.9 Å². The van der Waals surface area contributed by atoms with Crippen molar-refractivity contribution >= 4 is 17.1 Å². The highest BCUT2D eigenvalue weighted by molar-refractivity contribution is 5.96. The summed E-state index contributed by atoms with van der Waals surface area (Å²) in [5.74, 6) is 0. The molecule has 55 heavy (non-hydrogen) atoms. The van der Waals surface area contributed by atoms with E-state index in [1.165, 1.54) is 123 Å². The molecule has 0 heterocycles. The number of nitrogens with zero attached hydrogens (tertiary/aromatic N) is 1. The summed E-state index contributed by atoms with van der Waals surface area (Å²) >= 11 is 0. The van der Waals surface area contributed by atoms with Gasteiger partial charge in [0.15, 0.2) is 0 Å². The molecule has 5 aromatic rings. The van der Waals surface area contributed by atoms with Gasteiger partial charge in [-0.3, -0.25) is 0 Å². The predicted octanol–water partition coefficient (Wildman–Crippen LogP) is 15.0. The molecule has 9 rings (SSSR count). The normalized spacial score (nSPS) is 20.4. The maximum absolute atomic E-state index is 2.69. The van der Waals surface area contributed by atoms with E-state index in [4.69, 9.17) is 0 Å². The lowest BCUT2D eigenvalue weighted by Gasteiger charge is -2.43. The van der Waals surface area contributed by atoms with Crippen LogP contribution in [0.4, 0.5) is 17.1 Å². The molecular weight excluding hydrogens is 663 g/mol. The van der Waals surface area contributed by atoms with Crippen molar-refractivity contribution in [2.24, 2.45) is 0 Å². The highest BCUT2D eigenvalue weighted by atomic mass is 15.1. The smallest absolute Gasteiger partial charge is 0.0543 e. The molecule has 0 aromatic heterocycles. The summed E-state index contributed by atoms with van der Waals surface area (Å²) in [6, 6.07) is 34.3. The summed E-state index contributed by atoms with van der Waals surface area (Å²) in [4.78, 5) is 2.69. The fraction of sp³-hybridized carbons (Fsp3) is 0.444. The molecule has 1 nitrogen and oxygen atoms in total. The molecule has 5 aromatic carbocycles. The molecule has 4 aliphatic carbocycles. The zero-order valence-corrected chi connectivity index (χ0v) is 35.7. The van der Waals surface area contributed by atoms with Gasteiger partial charge in [0.1, 0.15) is 0 Å². The van der Waals surface area contributed by atoms with E-state index in [0.29, 0.717) is 0 Å². The Morgan fingerprint density at radius 1 is 0.455 bits per heavy atom. The zero-order valence-electron chi connectivity index (χ0n) is 35.7. The number of fused-ring (bicyclic) bond motifs is 6. The zero-order chi connectivity index (χ0) is 38.9. The first-order valence-corrected chi connectivity index (χ1v) is 21.4. The third-order valence-electron chi connectivity index (χ3n) is 15.1. The molecule has 284 valence electrons. The van der Waals surface area contributed by atoms with Crippen LogP contribution in [0.3, 0.4) is 0 Å². The van der Waals surface area contributed by atoms with Crippen LogP contribution in [0, 0.1) is 6.92 Å². The largest absolute Gasteiger partial charge is 0.310 e. The fourth-order valence-corrected chi connectivity index (χ4v) is 11.3. The van der Waals surface area contributed by atoms with Crippen LogP contribution >= 0.6 is 0 Å². The number of aryl methyl sites for hydroxylation is 2. The Bertz CT molecular complexity index is 2300. The highest BCUT2D eigenvalue weighted by Crippen LogP contribution is 2.56. The van der Waals surface area contributed by atoms with Gasteiger partial charge in [0.05, 0.1) is 5.69 Å². The molecule has 0 saturated heterocycles. The molecule has 0 spiro atoms. The van der Waals surface area contributed by atoms with Gasteiger partial charge in [0, 0.05) is 22.4 Å². The van der Waals surface area contributed by atoms with Gasteiger partial charge >= 0.3 is 0 Å². The Morgan fingerprint density at radius 3 is 1.60 bits per heavy atom. The van der Waals surface area contributed by atoms with Gasteiger partial charge < -0.3 is 4.90 Å². The van der Waals surface area contributed by atoms with Gasteiger partial charge in [0.2, 0.25) is 0 Å². The second kappa shape index (κ2) is 12.2. The first-order chi connectivity index (χ1) is 25.9. The van der Waals surface area contributed by atoms with Gasteiger partial charge in [-0.05, 0) is 183 Å². The average molecular weight is 726 g/mol. The number of hydrogen-bond acceptors (Lipinski definition) is 1. The first kappa shape index (κ1) is 36.5. The van der Waals surface area contributed by atoms with E-state index in [2.05, 4.69) is 166 Å². The van der Waals surface area contributed by atoms with E-state index in [0.717, 1.165) is 6.42 Å². The lowest BCUT2D eigenvalue weighted by Crippen LogP contribution is -2.34. The molecule has 0 fully saturated rings. The van der Waals surface area contributed by atoms with Gasteiger partial charge in [-0.1, -0.05) is 118 Å². The molecule has 0 unspecified atom stereocenters. The summed E-state index contributed by atoms with van der Waals surface area (Å²) in [6.07, 6.45) is 9.69. The second-order valence-electron chi connectivity index (χ2n) is 21.0. The lowest BCUT2D eigenvalue weighted by molar-refractivity contribution is 0.332. The Morgan fingerprint density at radius 2 is 1.00 bits per heavy atom.